The lowest BCUT2D eigenvalue weighted by Crippen LogP contribution is -2.23. The van der Waals surface area contributed by atoms with Crippen LogP contribution in [0.15, 0.2) is 41.0 Å². The van der Waals surface area contributed by atoms with Crippen LogP contribution >= 0.6 is 15.9 Å². The molecule has 2 aromatic rings. The molecule has 3 N–H and O–H groups in total. The Kier molecular flexibility index (Phi) is 4.01. The molecule has 0 aliphatic rings. The van der Waals surface area contributed by atoms with Gasteiger partial charge in [0, 0.05) is 17.2 Å². The molecule has 6 heteroatoms. The van der Waals surface area contributed by atoms with Crippen LogP contribution in [-0.2, 0) is 6.54 Å². The molecule has 98 valence electrons. The Morgan fingerprint density at radius 2 is 2.11 bits per heavy atom. The first-order valence-corrected chi connectivity index (χ1v) is 6.30. The van der Waals surface area contributed by atoms with E-state index in [2.05, 4.69) is 26.2 Å². The van der Waals surface area contributed by atoms with Crippen LogP contribution in [0.4, 0.5) is 0 Å². The number of aromatic amines is 1. The Balaban J connectivity index is 2.01. The van der Waals surface area contributed by atoms with Gasteiger partial charge in [-0.25, -0.2) is 4.79 Å². The van der Waals surface area contributed by atoms with Crippen molar-refractivity contribution < 1.29 is 14.7 Å². The van der Waals surface area contributed by atoms with Crippen LogP contribution in [0.2, 0.25) is 0 Å². The molecule has 0 unspecified atom stereocenters. The van der Waals surface area contributed by atoms with Gasteiger partial charge in [0.1, 0.15) is 5.69 Å². The number of aromatic nitrogens is 1. The van der Waals surface area contributed by atoms with Crippen LogP contribution < -0.4 is 5.32 Å². The maximum atomic E-state index is 11.8. The van der Waals surface area contributed by atoms with E-state index < -0.39 is 5.97 Å². The lowest BCUT2D eigenvalue weighted by Gasteiger charge is -2.05. The molecule has 0 bridgehead atoms. The van der Waals surface area contributed by atoms with Crippen LogP contribution in [0, 0.1) is 0 Å². The second-order valence-corrected chi connectivity index (χ2v) is 4.84. The van der Waals surface area contributed by atoms with E-state index >= 15 is 0 Å². The highest BCUT2D eigenvalue weighted by molar-refractivity contribution is 9.10. The molecule has 1 heterocycles. The Labute approximate surface area is 117 Å². The molecule has 0 saturated heterocycles. The number of rotatable bonds is 4. The molecule has 0 radical (unpaired) electrons. The maximum absolute atomic E-state index is 11.8. The highest BCUT2D eigenvalue weighted by Gasteiger charge is 2.08. The highest BCUT2D eigenvalue weighted by Crippen LogP contribution is 2.11. The van der Waals surface area contributed by atoms with Crippen LogP contribution in [0.3, 0.4) is 0 Å². The van der Waals surface area contributed by atoms with E-state index in [9.17, 15) is 9.59 Å². The Morgan fingerprint density at radius 1 is 1.32 bits per heavy atom. The molecule has 0 spiro atoms. The molecule has 5 nitrogen and oxygen atoms in total. The predicted molar refractivity (Wildman–Crippen MR) is 73.1 cm³/mol. The van der Waals surface area contributed by atoms with Gasteiger partial charge in [-0.3, -0.25) is 4.79 Å². The number of halogens is 1. The number of hydrogen-bond donors (Lipinski definition) is 3. The van der Waals surface area contributed by atoms with Crippen molar-refractivity contribution in [3.63, 3.8) is 0 Å². The summed E-state index contributed by atoms with van der Waals surface area (Å²) in [6, 6.07) is 8.12. The third kappa shape index (κ3) is 3.45. The standard InChI is InChI=1S/C13H11BrN2O3/c14-10-5-11(15-7-10)12(17)16-6-8-2-1-3-9(4-8)13(18)19/h1-5,7,15H,6H2,(H,16,17)(H,18,19). The minimum atomic E-state index is -0.985. The fourth-order valence-electron chi connectivity index (χ4n) is 1.59. The monoisotopic (exact) mass is 322 g/mol. The number of amides is 1. The summed E-state index contributed by atoms with van der Waals surface area (Å²) in [7, 11) is 0. The average molecular weight is 323 g/mol. The molecule has 1 amide bonds. The third-order valence-electron chi connectivity index (χ3n) is 2.52. The highest BCUT2D eigenvalue weighted by atomic mass is 79.9. The summed E-state index contributed by atoms with van der Waals surface area (Å²) >= 11 is 3.25. The minimum absolute atomic E-state index is 0.203. The van der Waals surface area contributed by atoms with Crippen molar-refractivity contribution in [3.05, 3.63) is 57.8 Å². The second kappa shape index (κ2) is 5.71. The van der Waals surface area contributed by atoms with E-state index in [-0.39, 0.29) is 18.0 Å². The van der Waals surface area contributed by atoms with E-state index in [1.165, 1.54) is 12.1 Å². The van der Waals surface area contributed by atoms with Gasteiger partial charge in [-0.05, 0) is 39.7 Å². The number of benzene rings is 1. The van der Waals surface area contributed by atoms with Crippen LogP contribution in [0.25, 0.3) is 0 Å². The lowest BCUT2D eigenvalue weighted by molar-refractivity contribution is 0.0696. The van der Waals surface area contributed by atoms with Gasteiger partial charge in [0.05, 0.1) is 5.56 Å². The summed E-state index contributed by atoms with van der Waals surface area (Å²) in [6.45, 7) is 0.274. The first-order chi connectivity index (χ1) is 9.06. The molecule has 0 fully saturated rings. The molecule has 0 aliphatic heterocycles. The fourth-order valence-corrected chi connectivity index (χ4v) is 1.93. The van der Waals surface area contributed by atoms with E-state index in [0.717, 1.165) is 10.0 Å². The summed E-state index contributed by atoms with van der Waals surface area (Å²) in [5, 5.41) is 11.6. The molecular formula is C13H11BrN2O3. The molecule has 1 aromatic heterocycles. The Bertz CT molecular complexity index is 622. The molecular weight excluding hydrogens is 312 g/mol. The number of carbonyl (C=O) groups is 2. The smallest absolute Gasteiger partial charge is 0.335 e. The lowest BCUT2D eigenvalue weighted by atomic mass is 10.1. The number of aromatic carboxylic acids is 1. The van der Waals surface area contributed by atoms with Gasteiger partial charge in [-0.15, -0.1) is 0 Å². The van der Waals surface area contributed by atoms with Crippen molar-refractivity contribution in [2.75, 3.05) is 0 Å². The van der Waals surface area contributed by atoms with Gasteiger partial charge in [-0.2, -0.15) is 0 Å². The summed E-state index contributed by atoms with van der Waals surface area (Å²) in [5.74, 6) is -1.23. The molecule has 1 aromatic carbocycles. The Hall–Kier alpha value is -2.08. The van der Waals surface area contributed by atoms with Crippen molar-refractivity contribution >= 4 is 27.8 Å². The van der Waals surface area contributed by atoms with Crippen molar-refractivity contribution in [2.45, 2.75) is 6.54 Å². The zero-order valence-corrected chi connectivity index (χ0v) is 11.4. The SMILES string of the molecule is O=C(O)c1cccc(CNC(=O)c2cc(Br)c[nH]2)c1. The fraction of sp³-hybridized carbons (Fsp3) is 0.0769. The maximum Gasteiger partial charge on any atom is 0.335 e. The normalized spacial score (nSPS) is 10.2. The largest absolute Gasteiger partial charge is 0.478 e. The van der Waals surface area contributed by atoms with E-state index in [1.54, 1.807) is 24.4 Å². The zero-order valence-electron chi connectivity index (χ0n) is 9.81. The summed E-state index contributed by atoms with van der Waals surface area (Å²) in [5.41, 5.74) is 1.38. The number of hydrogen-bond acceptors (Lipinski definition) is 2. The molecule has 0 atom stereocenters. The van der Waals surface area contributed by atoms with Crippen molar-refractivity contribution in [1.82, 2.24) is 10.3 Å². The number of carbonyl (C=O) groups excluding carboxylic acids is 1. The van der Waals surface area contributed by atoms with Gasteiger partial charge in [0.25, 0.3) is 5.91 Å². The number of carboxylic acid groups (broad SMARTS) is 1. The van der Waals surface area contributed by atoms with Gasteiger partial charge in [0.2, 0.25) is 0 Å². The molecule has 2 rings (SSSR count). The van der Waals surface area contributed by atoms with Crippen molar-refractivity contribution in [2.24, 2.45) is 0 Å². The molecule has 19 heavy (non-hydrogen) atoms. The number of nitrogens with one attached hydrogen (secondary N) is 2. The average Bonchev–Trinajstić information content (AvgIpc) is 2.83. The topological polar surface area (TPSA) is 82.2 Å². The predicted octanol–water partition coefficient (Wildman–Crippen LogP) is 2.41. The van der Waals surface area contributed by atoms with Gasteiger partial charge >= 0.3 is 5.97 Å². The second-order valence-electron chi connectivity index (χ2n) is 3.92. The Morgan fingerprint density at radius 3 is 2.74 bits per heavy atom. The van der Waals surface area contributed by atoms with Crippen LogP contribution in [0.5, 0.6) is 0 Å². The quantitative estimate of drug-likeness (QED) is 0.808. The zero-order chi connectivity index (χ0) is 13.8. The van der Waals surface area contributed by atoms with Crippen LogP contribution in [-0.4, -0.2) is 22.0 Å². The van der Waals surface area contributed by atoms with Crippen molar-refractivity contribution in [3.8, 4) is 0 Å². The summed E-state index contributed by atoms with van der Waals surface area (Å²) < 4.78 is 0.797. The third-order valence-corrected chi connectivity index (χ3v) is 2.98. The van der Waals surface area contributed by atoms with E-state index in [4.69, 9.17) is 5.11 Å². The number of carboxylic acids is 1. The van der Waals surface area contributed by atoms with Crippen molar-refractivity contribution in [1.29, 1.82) is 0 Å². The molecule has 0 aliphatic carbocycles. The van der Waals surface area contributed by atoms with Crippen LogP contribution in [0.1, 0.15) is 26.4 Å². The van der Waals surface area contributed by atoms with Gasteiger partial charge in [-0.1, -0.05) is 12.1 Å². The van der Waals surface area contributed by atoms with Gasteiger partial charge in [0.15, 0.2) is 0 Å². The van der Waals surface area contributed by atoms with E-state index in [0.29, 0.717) is 5.69 Å². The molecule has 0 saturated carbocycles. The summed E-state index contributed by atoms with van der Waals surface area (Å²) in [4.78, 5) is 25.4. The summed E-state index contributed by atoms with van der Waals surface area (Å²) in [6.07, 6.45) is 1.67. The van der Waals surface area contributed by atoms with E-state index in [1.807, 2.05) is 0 Å². The van der Waals surface area contributed by atoms with Gasteiger partial charge < -0.3 is 15.4 Å². The minimum Gasteiger partial charge on any atom is -0.478 e. The first-order valence-electron chi connectivity index (χ1n) is 5.50. The first kappa shape index (κ1) is 13.4. The number of H-pyrrole nitrogens is 1.